The fraction of sp³-hybridized carbons (Fsp3) is 0.500. The molecule has 2 aromatic heterocycles. The topological polar surface area (TPSA) is 83.0 Å². The Kier molecular flexibility index (Phi) is 6.62. The Morgan fingerprint density at radius 1 is 1.21 bits per heavy atom. The predicted octanol–water partition coefficient (Wildman–Crippen LogP) is 2.44. The van der Waals surface area contributed by atoms with E-state index in [-0.39, 0.29) is 5.91 Å². The molecule has 0 aliphatic heterocycles. The van der Waals surface area contributed by atoms with Crippen molar-refractivity contribution in [3.63, 3.8) is 0 Å². The molecular weight excluding hydrogens is 324 g/mol. The minimum absolute atomic E-state index is 0.0242. The molecule has 0 aliphatic rings. The number of carbonyl (C=O) groups is 1. The summed E-state index contributed by atoms with van der Waals surface area (Å²) in [5.74, 6) is 0.588. The molecule has 2 aromatic rings. The summed E-state index contributed by atoms with van der Waals surface area (Å²) >= 11 is 1.45. The number of thiazole rings is 1. The van der Waals surface area contributed by atoms with E-state index in [0.717, 1.165) is 23.6 Å². The molecule has 0 radical (unpaired) electrons. The number of nitrogens with one attached hydrogen (secondary N) is 2. The van der Waals surface area contributed by atoms with Gasteiger partial charge in [0.05, 0.1) is 5.69 Å². The van der Waals surface area contributed by atoms with E-state index in [1.807, 2.05) is 44.3 Å². The average Bonchev–Trinajstić information content (AvgIpc) is 2.89. The second-order valence-electron chi connectivity index (χ2n) is 5.93. The number of amides is 1. The van der Waals surface area contributed by atoms with Crippen LogP contribution in [0.2, 0.25) is 0 Å². The first-order valence-corrected chi connectivity index (χ1v) is 8.75. The summed E-state index contributed by atoms with van der Waals surface area (Å²) in [6, 6.07) is 1.93. The molecule has 0 unspecified atom stereocenters. The van der Waals surface area contributed by atoms with Crippen molar-refractivity contribution in [2.45, 2.75) is 33.2 Å². The summed E-state index contributed by atoms with van der Waals surface area (Å²) in [5.41, 5.74) is 2.83. The molecule has 2 heterocycles. The van der Waals surface area contributed by atoms with Gasteiger partial charge in [-0.15, -0.1) is 11.3 Å². The summed E-state index contributed by atoms with van der Waals surface area (Å²) in [6.45, 7) is 5.30. The van der Waals surface area contributed by atoms with Crippen LogP contribution in [0.25, 0.3) is 0 Å². The van der Waals surface area contributed by atoms with Crippen LogP contribution in [-0.2, 0) is 11.3 Å². The molecule has 24 heavy (non-hydrogen) atoms. The highest BCUT2D eigenvalue weighted by atomic mass is 32.1. The van der Waals surface area contributed by atoms with Crippen molar-refractivity contribution < 1.29 is 4.79 Å². The van der Waals surface area contributed by atoms with Crippen molar-refractivity contribution in [3.05, 3.63) is 28.5 Å². The minimum Gasteiger partial charge on any atom is -0.354 e. The number of anilines is 2. The molecular formula is C16H24N6OS. The summed E-state index contributed by atoms with van der Waals surface area (Å²) < 4.78 is 0. The highest BCUT2D eigenvalue weighted by Gasteiger charge is 2.07. The van der Waals surface area contributed by atoms with Crippen molar-refractivity contribution in [3.8, 4) is 0 Å². The zero-order valence-corrected chi connectivity index (χ0v) is 15.4. The van der Waals surface area contributed by atoms with Gasteiger partial charge in [0, 0.05) is 36.3 Å². The average molecular weight is 348 g/mol. The summed E-state index contributed by atoms with van der Waals surface area (Å²) in [7, 11) is 3.98. The highest BCUT2D eigenvalue weighted by Crippen LogP contribution is 2.16. The van der Waals surface area contributed by atoms with Gasteiger partial charge in [-0.1, -0.05) is 0 Å². The second-order valence-corrected chi connectivity index (χ2v) is 6.79. The Morgan fingerprint density at radius 3 is 2.58 bits per heavy atom. The van der Waals surface area contributed by atoms with Crippen LogP contribution in [0.4, 0.5) is 11.1 Å². The number of hydrogen-bond donors (Lipinski definition) is 2. The number of carbonyl (C=O) groups excluding carboxylic acids is 1. The molecule has 0 fully saturated rings. The molecule has 130 valence electrons. The van der Waals surface area contributed by atoms with Gasteiger partial charge in [0.25, 0.3) is 0 Å². The van der Waals surface area contributed by atoms with Crippen LogP contribution in [0.5, 0.6) is 0 Å². The first-order valence-electron chi connectivity index (χ1n) is 7.87. The lowest BCUT2D eigenvalue weighted by molar-refractivity contribution is -0.116. The monoisotopic (exact) mass is 348 g/mol. The first-order chi connectivity index (χ1) is 11.4. The van der Waals surface area contributed by atoms with Crippen LogP contribution in [0.1, 0.15) is 29.9 Å². The molecule has 0 aromatic carbocycles. The van der Waals surface area contributed by atoms with E-state index in [9.17, 15) is 4.79 Å². The molecule has 0 bridgehead atoms. The van der Waals surface area contributed by atoms with Crippen LogP contribution in [0.15, 0.2) is 11.4 Å². The normalized spacial score (nSPS) is 10.9. The van der Waals surface area contributed by atoms with Crippen molar-refractivity contribution in [1.29, 1.82) is 0 Å². The number of hydrogen-bond acceptors (Lipinski definition) is 7. The van der Waals surface area contributed by atoms with Crippen LogP contribution in [0.3, 0.4) is 0 Å². The fourth-order valence-corrected chi connectivity index (χ4v) is 2.91. The van der Waals surface area contributed by atoms with E-state index in [0.29, 0.717) is 30.5 Å². The Morgan fingerprint density at radius 2 is 1.92 bits per heavy atom. The zero-order chi connectivity index (χ0) is 17.5. The molecule has 8 heteroatoms. The largest absolute Gasteiger partial charge is 0.354 e. The number of nitrogens with zero attached hydrogens (tertiary/aromatic N) is 4. The lowest BCUT2D eigenvalue weighted by atomic mass is 10.3. The van der Waals surface area contributed by atoms with Crippen LogP contribution < -0.4 is 10.6 Å². The van der Waals surface area contributed by atoms with Gasteiger partial charge in [0.2, 0.25) is 11.9 Å². The van der Waals surface area contributed by atoms with Gasteiger partial charge in [-0.05, 0) is 40.4 Å². The van der Waals surface area contributed by atoms with Gasteiger partial charge in [-0.25, -0.2) is 15.0 Å². The Labute approximate surface area is 146 Å². The van der Waals surface area contributed by atoms with E-state index in [1.54, 1.807) is 0 Å². The Hall–Kier alpha value is -2.06. The first kappa shape index (κ1) is 18.3. The maximum absolute atomic E-state index is 11.9. The number of rotatable bonds is 8. The third-order valence-electron chi connectivity index (χ3n) is 3.12. The molecule has 2 N–H and O–H groups in total. The van der Waals surface area contributed by atoms with Gasteiger partial charge in [-0.3, -0.25) is 4.79 Å². The summed E-state index contributed by atoms with van der Waals surface area (Å²) in [5, 5.41) is 8.62. The maximum Gasteiger partial charge on any atom is 0.226 e. The van der Waals surface area contributed by atoms with E-state index in [2.05, 4.69) is 25.6 Å². The lowest BCUT2D eigenvalue weighted by Crippen LogP contribution is -2.14. The van der Waals surface area contributed by atoms with Crippen molar-refractivity contribution in [2.24, 2.45) is 0 Å². The SMILES string of the molecule is Cc1cc(C)nc(NCCCC(=O)Nc2nc(CN(C)C)cs2)n1. The van der Waals surface area contributed by atoms with Crippen LogP contribution in [-0.4, -0.2) is 46.4 Å². The van der Waals surface area contributed by atoms with Gasteiger partial charge < -0.3 is 15.5 Å². The molecule has 0 spiro atoms. The summed E-state index contributed by atoms with van der Waals surface area (Å²) in [4.78, 5) is 27.0. The van der Waals surface area contributed by atoms with E-state index < -0.39 is 0 Å². The van der Waals surface area contributed by atoms with Crippen LogP contribution in [0, 0.1) is 13.8 Å². The molecule has 0 saturated heterocycles. The van der Waals surface area contributed by atoms with E-state index in [1.165, 1.54) is 11.3 Å². The Bertz CT molecular complexity index is 665. The number of aromatic nitrogens is 3. The lowest BCUT2D eigenvalue weighted by Gasteiger charge is -2.07. The van der Waals surface area contributed by atoms with Gasteiger partial charge in [-0.2, -0.15) is 0 Å². The maximum atomic E-state index is 11.9. The quantitative estimate of drug-likeness (QED) is 0.713. The molecule has 7 nitrogen and oxygen atoms in total. The zero-order valence-electron chi connectivity index (χ0n) is 14.6. The number of aryl methyl sites for hydroxylation is 2. The highest BCUT2D eigenvalue weighted by molar-refractivity contribution is 7.13. The Balaban J connectivity index is 1.70. The molecule has 0 atom stereocenters. The van der Waals surface area contributed by atoms with E-state index >= 15 is 0 Å². The third-order valence-corrected chi connectivity index (χ3v) is 3.93. The third kappa shape index (κ3) is 6.21. The van der Waals surface area contributed by atoms with Crippen molar-refractivity contribution in [2.75, 3.05) is 31.3 Å². The molecule has 0 aliphatic carbocycles. The standard InChI is InChI=1S/C16H24N6OS/c1-11-8-12(2)19-15(18-11)17-7-5-6-14(23)21-16-20-13(10-24-16)9-22(3)4/h8,10H,5-7,9H2,1-4H3,(H,17,18,19)(H,20,21,23). The molecule has 1 amide bonds. The van der Waals surface area contributed by atoms with Gasteiger partial charge in [0.15, 0.2) is 5.13 Å². The second kappa shape index (κ2) is 8.70. The molecule has 0 saturated carbocycles. The predicted molar refractivity (Wildman–Crippen MR) is 97.4 cm³/mol. The molecule has 2 rings (SSSR count). The fourth-order valence-electron chi connectivity index (χ4n) is 2.20. The van der Waals surface area contributed by atoms with Gasteiger partial charge in [0.1, 0.15) is 0 Å². The summed E-state index contributed by atoms with van der Waals surface area (Å²) in [6.07, 6.45) is 1.14. The van der Waals surface area contributed by atoms with Gasteiger partial charge >= 0.3 is 0 Å². The minimum atomic E-state index is -0.0242. The van der Waals surface area contributed by atoms with Crippen molar-refractivity contribution >= 4 is 28.3 Å². The van der Waals surface area contributed by atoms with Crippen LogP contribution >= 0.6 is 11.3 Å². The smallest absolute Gasteiger partial charge is 0.226 e. The van der Waals surface area contributed by atoms with E-state index in [4.69, 9.17) is 0 Å². The van der Waals surface area contributed by atoms with Crippen molar-refractivity contribution in [1.82, 2.24) is 19.9 Å².